The Bertz CT molecular complexity index is 469. The summed E-state index contributed by atoms with van der Waals surface area (Å²) in [6.45, 7) is 5.67. The molecule has 0 unspecified atom stereocenters. The normalized spacial score (nSPS) is 11.8. The van der Waals surface area contributed by atoms with Gasteiger partial charge >= 0.3 is 0 Å². The first kappa shape index (κ1) is 15.9. The minimum atomic E-state index is -3.09. The van der Waals surface area contributed by atoms with E-state index in [1.54, 1.807) is 0 Å². The third-order valence-electron chi connectivity index (χ3n) is 2.29. The van der Waals surface area contributed by atoms with Crippen LogP contribution in [0.2, 0.25) is 0 Å². The van der Waals surface area contributed by atoms with Gasteiger partial charge in [0.2, 0.25) is 10.0 Å². The van der Waals surface area contributed by atoms with Crippen molar-refractivity contribution in [2.75, 3.05) is 19.3 Å². The van der Waals surface area contributed by atoms with E-state index < -0.39 is 10.0 Å². The van der Waals surface area contributed by atoms with Gasteiger partial charge in [-0.25, -0.2) is 13.1 Å². The Hall–Kier alpha value is -1.11. The van der Waals surface area contributed by atoms with Crippen molar-refractivity contribution in [3.63, 3.8) is 0 Å². The zero-order valence-corrected chi connectivity index (χ0v) is 12.5. The van der Waals surface area contributed by atoms with E-state index >= 15 is 0 Å². The first-order chi connectivity index (χ1) is 8.87. The van der Waals surface area contributed by atoms with Gasteiger partial charge in [0.05, 0.1) is 12.4 Å². The van der Waals surface area contributed by atoms with Gasteiger partial charge in [-0.05, 0) is 31.5 Å². The molecule has 6 heteroatoms. The lowest BCUT2D eigenvalue weighted by molar-refractivity contribution is 0.242. The fraction of sp³-hybridized carbons (Fsp3) is 0.538. The van der Waals surface area contributed by atoms with Crippen LogP contribution in [0.25, 0.3) is 0 Å². The van der Waals surface area contributed by atoms with Crippen LogP contribution >= 0.6 is 0 Å². The predicted octanol–water partition coefficient (Wildman–Crippen LogP) is 1.11. The van der Waals surface area contributed by atoms with Crippen molar-refractivity contribution in [2.45, 2.75) is 26.5 Å². The summed E-state index contributed by atoms with van der Waals surface area (Å²) in [7, 11) is -3.09. The molecule has 108 valence electrons. The minimum absolute atomic E-state index is 0.172. The van der Waals surface area contributed by atoms with Crippen LogP contribution in [-0.2, 0) is 16.6 Å². The Kier molecular flexibility index (Phi) is 6.27. The molecule has 0 bridgehead atoms. The number of hydrogen-bond donors (Lipinski definition) is 2. The molecular weight excluding hydrogens is 264 g/mol. The fourth-order valence-electron chi connectivity index (χ4n) is 1.52. The van der Waals surface area contributed by atoms with Gasteiger partial charge in [-0.15, -0.1) is 0 Å². The first-order valence-corrected chi connectivity index (χ1v) is 8.17. The lowest BCUT2D eigenvalue weighted by Crippen LogP contribution is -2.30. The molecule has 0 radical (unpaired) electrons. The highest BCUT2D eigenvalue weighted by Gasteiger charge is 2.00. The van der Waals surface area contributed by atoms with Crippen LogP contribution in [0.15, 0.2) is 24.3 Å². The summed E-state index contributed by atoms with van der Waals surface area (Å²) in [6.07, 6.45) is 1.33. The lowest BCUT2D eigenvalue weighted by Gasteiger charge is -2.10. The van der Waals surface area contributed by atoms with Crippen molar-refractivity contribution in [3.05, 3.63) is 29.8 Å². The van der Waals surface area contributed by atoms with Crippen LogP contribution in [0.3, 0.4) is 0 Å². The van der Waals surface area contributed by atoms with Crippen LogP contribution in [-0.4, -0.2) is 33.9 Å². The monoisotopic (exact) mass is 286 g/mol. The Morgan fingerprint density at radius 2 is 1.79 bits per heavy atom. The summed E-state index contributed by atoms with van der Waals surface area (Å²) in [4.78, 5) is 0. The SMILES string of the molecule is CC(C)Oc1ccc(CNCCNS(C)(=O)=O)cc1. The van der Waals surface area contributed by atoms with Gasteiger partial charge in [-0.2, -0.15) is 0 Å². The molecule has 0 saturated heterocycles. The van der Waals surface area contributed by atoms with Gasteiger partial charge in [-0.3, -0.25) is 0 Å². The summed E-state index contributed by atoms with van der Waals surface area (Å²) in [5.74, 6) is 0.859. The Morgan fingerprint density at radius 1 is 1.16 bits per heavy atom. The number of rotatable bonds is 8. The summed E-state index contributed by atoms with van der Waals surface area (Å²) >= 11 is 0. The summed E-state index contributed by atoms with van der Waals surface area (Å²) in [5.41, 5.74) is 1.13. The van der Waals surface area contributed by atoms with Gasteiger partial charge in [0.25, 0.3) is 0 Å². The third-order valence-corrected chi connectivity index (χ3v) is 3.02. The quantitative estimate of drug-likeness (QED) is 0.703. The van der Waals surface area contributed by atoms with Crippen LogP contribution < -0.4 is 14.8 Å². The average Bonchev–Trinajstić information content (AvgIpc) is 2.28. The summed E-state index contributed by atoms with van der Waals surface area (Å²) in [6, 6.07) is 7.86. The van der Waals surface area contributed by atoms with E-state index in [0.717, 1.165) is 17.6 Å². The van der Waals surface area contributed by atoms with Crippen LogP contribution in [0.5, 0.6) is 5.75 Å². The first-order valence-electron chi connectivity index (χ1n) is 6.28. The highest BCUT2D eigenvalue weighted by molar-refractivity contribution is 7.88. The number of nitrogens with one attached hydrogen (secondary N) is 2. The molecule has 0 amide bonds. The van der Waals surface area contributed by atoms with Crippen LogP contribution in [0, 0.1) is 0 Å². The van der Waals surface area contributed by atoms with Crippen LogP contribution in [0.4, 0.5) is 0 Å². The molecule has 1 rings (SSSR count). The average molecular weight is 286 g/mol. The van der Waals surface area contributed by atoms with Gasteiger partial charge < -0.3 is 10.1 Å². The zero-order valence-electron chi connectivity index (χ0n) is 11.6. The van der Waals surface area contributed by atoms with Crippen molar-refractivity contribution < 1.29 is 13.2 Å². The second-order valence-corrected chi connectivity index (χ2v) is 6.49. The third kappa shape index (κ3) is 7.81. The van der Waals surface area contributed by atoms with E-state index in [9.17, 15) is 8.42 Å². The number of sulfonamides is 1. The fourth-order valence-corrected chi connectivity index (χ4v) is 1.99. The molecule has 1 aromatic carbocycles. The molecule has 19 heavy (non-hydrogen) atoms. The van der Waals surface area contributed by atoms with Crippen molar-refractivity contribution >= 4 is 10.0 Å². The molecule has 0 aliphatic heterocycles. The van der Waals surface area contributed by atoms with Gasteiger partial charge in [0, 0.05) is 19.6 Å². The largest absolute Gasteiger partial charge is 0.491 e. The molecule has 0 spiro atoms. The van der Waals surface area contributed by atoms with Crippen molar-refractivity contribution in [1.29, 1.82) is 0 Å². The van der Waals surface area contributed by atoms with Crippen LogP contribution in [0.1, 0.15) is 19.4 Å². The van der Waals surface area contributed by atoms with E-state index in [-0.39, 0.29) is 6.10 Å². The summed E-state index contributed by atoms with van der Waals surface area (Å²) < 4.78 is 29.7. The molecule has 5 nitrogen and oxygen atoms in total. The molecule has 1 aromatic rings. The van der Waals surface area contributed by atoms with Gasteiger partial charge in [0.15, 0.2) is 0 Å². The molecule has 0 saturated carbocycles. The van der Waals surface area contributed by atoms with Crippen molar-refractivity contribution in [2.24, 2.45) is 0 Å². The van der Waals surface area contributed by atoms with Crippen molar-refractivity contribution in [1.82, 2.24) is 10.0 Å². The number of benzene rings is 1. The molecule has 0 aromatic heterocycles. The molecule has 0 atom stereocenters. The maximum absolute atomic E-state index is 10.8. The molecule has 2 N–H and O–H groups in total. The molecule has 0 aliphatic carbocycles. The second kappa shape index (κ2) is 7.47. The van der Waals surface area contributed by atoms with E-state index in [1.807, 2.05) is 38.1 Å². The highest BCUT2D eigenvalue weighted by Crippen LogP contribution is 2.13. The summed E-state index contributed by atoms with van der Waals surface area (Å²) in [5, 5.41) is 3.17. The zero-order chi connectivity index (χ0) is 14.3. The molecule has 0 aliphatic rings. The standard InChI is InChI=1S/C13H22N2O3S/c1-11(2)18-13-6-4-12(5-7-13)10-14-8-9-15-19(3,16)17/h4-7,11,14-15H,8-10H2,1-3H3. The maximum atomic E-state index is 10.8. The van der Waals surface area contributed by atoms with Crippen molar-refractivity contribution in [3.8, 4) is 5.75 Å². The maximum Gasteiger partial charge on any atom is 0.208 e. The Labute approximate surface area is 115 Å². The number of hydrogen-bond acceptors (Lipinski definition) is 4. The molecule has 0 heterocycles. The highest BCUT2D eigenvalue weighted by atomic mass is 32.2. The van der Waals surface area contributed by atoms with E-state index in [4.69, 9.17) is 4.74 Å². The topological polar surface area (TPSA) is 67.4 Å². The van der Waals surface area contributed by atoms with Gasteiger partial charge in [0.1, 0.15) is 5.75 Å². The predicted molar refractivity (Wildman–Crippen MR) is 76.8 cm³/mol. The Morgan fingerprint density at radius 3 is 2.32 bits per heavy atom. The lowest BCUT2D eigenvalue weighted by atomic mass is 10.2. The van der Waals surface area contributed by atoms with E-state index in [0.29, 0.717) is 19.6 Å². The Balaban J connectivity index is 2.26. The minimum Gasteiger partial charge on any atom is -0.491 e. The van der Waals surface area contributed by atoms with E-state index in [1.165, 1.54) is 0 Å². The molecular formula is C13H22N2O3S. The second-order valence-electron chi connectivity index (χ2n) is 4.65. The number of ether oxygens (including phenoxy) is 1. The smallest absolute Gasteiger partial charge is 0.208 e. The molecule has 0 fully saturated rings. The van der Waals surface area contributed by atoms with E-state index in [2.05, 4.69) is 10.0 Å². The van der Waals surface area contributed by atoms with Gasteiger partial charge in [-0.1, -0.05) is 12.1 Å².